The van der Waals surface area contributed by atoms with Gasteiger partial charge in [-0.2, -0.15) is 0 Å². The van der Waals surface area contributed by atoms with Gasteiger partial charge < -0.3 is 25.4 Å². The van der Waals surface area contributed by atoms with Gasteiger partial charge in [0.15, 0.2) is 0 Å². The Labute approximate surface area is 180 Å². The summed E-state index contributed by atoms with van der Waals surface area (Å²) >= 11 is 0. The summed E-state index contributed by atoms with van der Waals surface area (Å²) in [6.45, 7) is -0.639. The fourth-order valence-electron chi connectivity index (χ4n) is 2.60. The van der Waals surface area contributed by atoms with Crippen molar-refractivity contribution in [3.05, 3.63) is 71.8 Å². The Morgan fingerprint density at radius 2 is 1.39 bits per heavy atom. The third-order valence-electron chi connectivity index (χ3n) is 4.16. The van der Waals surface area contributed by atoms with Crippen molar-refractivity contribution < 1.29 is 28.7 Å². The number of carbonyl (C=O) groups is 4. The number of hydrogen-bond donors (Lipinski definition) is 3. The molecule has 0 aromatic heterocycles. The van der Waals surface area contributed by atoms with Crippen LogP contribution in [0.3, 0.4) is 0 Å². The zero-order valence-corrected chi connectivity index (χ0v) is 17.1. The molecule has 0 bridgehead atoms. The third kappa shape index (κ3) is 8.99. The summed E-state index contributed by atoms with van der Waals surface area (Å²) in [5, 5.41) is 7.20. The molecule has 0 saturated heterocycles. The van der Waals surface area contributed by atoms with Crippen LogP contribution in [0.25, 0.3) is 0 Å². The van der Waals surface area contributed by atoms with E-state index in [1.165, 1.54) is 7.11 Å². The Kier molecular flexibility index (Phi) is 9.54. The topological polar surface area (TPSA) is 123 Å². The van der Waals surface area contributed by atoms with Crippen LogP contribution < -0.4 is 16.0 Å². The molecule has 31 heavy (non-hydrogen) atoms. The molecule has 1 atom stereocenters. The minimum Gasteiger partial charge on any atom is -0.467 e. The van der Waals surface area contributed by atoms with Gasteiger partial charge in [-0.25, -0.2) is 9.59 Å². The van der Waals surface area contributed by atoms with Crippen molar-refractivity contribution in [1.29, 1.82) is 0 Å². The molecule has 2 rings (SSSR count). The number of benzene rings is 2. The van der Waals surface area contributed by atoms with Crippen molar-refractivity contribution in [2.45, 2.75) is 19.1 Å². The van der Waals surface area contributed by atoms with E-state index in [4.69, 9.17) is 9.47 Å². The number of methoxy groups -OCH3 is 1. The van der Waals surface area contributed by atoms with E-state index >= 15 is 0 Å². The van der Waals surface area contributed by atoms with E-state index in [1.54, 1.807) is 12.1 Å². The first-order valence-corrected chi connectivity index (χ1v) is 9.60. The Balaban J connectivity index is 1.70. The van der Waals surface area contributed by atoms with Crippen LogP contribution in [0.15, 0.2) is 60.7 Å². The van der Waals surface area contributed by atoms with Crippen molar-refractivity contribution in [3.8, 4) is 0 Å². The maximum Gasteiger partial charge on any atom is 0.407 e. The van der Waals surface area contributed by atoms with Crippen LogP contribution in [0.1, 0.15) is 11.1 Å². The predicted octanol–water partition coefficient (Wildman–Crippen LogP) is 0.930. The first-order chi connectivity index (χ1) is 15.0. The molecule has 3 amide bonds. The summed E-state index contributed by atoms with van der Waals surface area (Å²) < 4.78 is 9.72. The minimum absolute atomic E-state index is 0.0764. The largest absolute Gasteiger partial charge is 0.467 e. The molecule has 9 heteroatoms. The number of esters is 1. The van der Waals surface area contributed by atoms with Crippen molar-refractivity contribution >= 4 is 23.9 Å². The number of carbonyl (C=O) groups excluding carboxylic acids is 4. The summed E-state index contributed by atoms with van der Waals surface area (Å²) in [6.07, 6.45) is -0.501. The Morgan fingerprint density at radius 3 is 2.00 bits per heavy atom. The molecule has 0 aliphatic carbocycles. The summed E-state index contributed by atoms with van der Waals surface area (Å²) in [7, 11) is 1.23. The molecule has 0 fully saturated rings. The second-order valence-electron chi connectivity index (χ2n) is 6.52. The molecule has 0 aliphatic rings. The van der Waals surface area contributed by atoms with Gasteiger partial charge >= 0.3 is 12.1 Å². The highest BCUT2D eigenvalue weighted by Gasteiger charge is 2.22. The van der Waals surface area contributed by atoms with Crippen molar-refractivity contribution in [2.75, 3.05) is 20.2 Å². The van der Waals surface area contributed by atoms with Crippen molar-refractivity contribution in [2.24, 2.45) is 0 Å². The fraction of sp³-hybridized carbons (Fsp3) is 0.273. The average molecular weight is 427 g/mol. The average Bonchev–Trinajstić information content (AvgIpc) is 2.80. The maximum atomic E-state index is 12.1. The van der Waals surface area contributed by atoms with Gasteiger partial charge in [0.25, 0.3) is 0 Å². The van der Waals surface area contributed by atoms with Gasteiger partial charge in [-0.1, -0.05) is 60.7 Å². The van der Waals surface area contributed by atoms with Crippen LogP contribution in [0, 0.1) is 0 Å². The molecule has 3 N–H and O–H groups in total. The lowest BCUT2D eigenvalue weighted by atomic mass is 10.1. The molecule has 2 aromatic carbocycles. The fourth-order valence-corrected chi connectivity index (χ4v) is 2.60. The molecule has 0 heterocycles. The van der Waals surface area contributed by atoms with Gasteiger partial charge in [-0.05, 0) is 11.1 Å². The molecular formula is C22H25N3O6. The molecule has 164 valence electrons. The van der Waals surface area contributed by atoms with Crippen molar-refractivity contribution in [3.63, 3.8) is 0 Å². The van der Waals surface area contributed by atoms with E-state index in [2.05, 4.69) is 16.0 Å². The Morgan fingerprint density at radius 1 is 0.806 bits per heavy atom. The zero-order valence-electron chi connectivity index (χ0n) is 17.1. The SMILES string of the molecule is COC(=O)[C@H](Cc1ccccc1)NC(=O)CNC(=O)CNC(=O)OCc1ccccc1. The lowest BCUT2D eigenvalue weighted by Crippen LogP contribution is -2.48. The van der Waals surface area contributed by atoms with E-state index in [9.17, 15) is 19.2 Å². The quantitative estimate of drug-likeness (QED) is 0.485. The van der Waals surface area contributed by atoms with Crippen LogP contribution in [0.4, 0.5) is 4.79 Å². The van der Waals surface area contributed by atoms with E-state index < -0.39 is 29.9 Å². The Bertz CT molecular complexity index is 873. The predicted molar refractivity (Wildman–Crippen MR) is 112 cm³/mol. The second kappa shape index (κ2) is 12.6. The van der Waals surface area contributed by atoms with Crippen molar-refractivity contribution in [1.82, 2.24) is 16.0 Å². The highest BCUT2D eigenvalue weighted by atomic mass is 16.5. The number of alkyl carbamates (subject to hydrolysis) is 1. The van der Waals surface area contributed by atoms with E-state index in [0.29, 0.717) is 0 Å². The molecule has 0 saturated carbocycles. The van der Waals surface area contributed by atoms with E-state index in [-0.39, 0.29) is 26.1 Å². The molecule has 0 radical (unpaired) electrons. The zero-order chi connectivity index (χ0) is 22.5. The summed E-state index contributed by atoms with van der Waals surface area (Å²) in [6, 6.07) is 17.3. The third-order valence-corrected chi connectivity index (χ3v) is 4.16. The van der Waals surface area contributed by atoms with Gasteiger partial charge in [0, 0.05) is 6.42 Å². The van der Waals surface area contributed by atoms with Gasteiger partial charge in [0.2, 0.25) is 11.8 Å². The lowest BCUT2D eigenvalue weighted by molar-refractivity contribution is -0.145. The molecule has 0 aliphatic heterocycles. The number of ether oxygens (including phenoxy) is 2. The summed E-state index contributed by atoms with van der Waals surface area (Å²) in [5.41, 5.74) is 1.66. The van der Waals surface area contributed by atoms with E-state index in [0.717, 1.165) is 11.1 Å². The summed E-state index contributed by atoms with van der Waals surface area (Å²) in [4.78, 5) is 47.5. The van der Waals surface area contributed by atoms with Gasteiger partial charge in [-0.3, -0.25) is 9.59 Å². The monoisotopic (exact) mass is 427 g/mol. The second-order valence-corrected chi connectivity index (χ2v) is 6.52. The molecule has 9 nitrogen and oxygen atoms in total. The van der Waals surface area contributed by atoms with Crippen LogP contribution in [0.2, 0.25) is 0 Å². The molecule has 2 aromatic rings. The molecular weight excluding hydrogens is 402 g/mol. The standard InChI is InChI=1S/C22H25N3O6/c1-30-21(28)18(12-16-8-4-2-5-9-16)25-20(27)14-23-19(26)13-24-22(29)31-15-17-10-6-3-7-11-17/h2-11,18H,12-15H2,1H3,(H,23,26)(H,24,29)(H,25,27)/t18-/m0/s1. The normalized spacial score (nSPS) is 11.0. The van der Waals surface area contributed by atoms with Crippen LogP contribution in [-0.4, -0.2) is 50.1 Å². The van der Waals surface area contributed by atoms with Gasteiger partial charge in [0.05, 0.1) is 13.7 Å². The smallest absolute Gasteiger partial charge is 0.407 e. The van der Waals surface area contributed by atoms with Crippen LogP contribution in [-0.2, 0) is 36.9 Å². The molecule has 0 spiro atoms. The van der Waals surface area contributed by atoms with Crippen LogP contribution in [0.5, 0.6) is 0 Å². The number of nitrogens with one attached hydrogen (secondary N) is 3. The first-order valence-electron chi connectivity index (χ1n) is 9.60. The highest BCUT2D eigenvalue weighted by molar-refractivity contribution is 5.89. The number of amides is 3. The first kappa shape index (κ1) is 23.4. The van der Waals surface area contributed by atoms with Gasteiger partial charge in [0.1, 0.15) is 19.2 Å². The summed E-state index contributed by atoms with van der Waals surface area (Å²) in [5.74, 6) is -1.73. The van der Waals surface area contributed by atoms with Gasteiger partial charge in [-0.15, -0.1) is 0 Å². The maximum absolute atomic E-state index is 12.1. The van der Waals surface area contributed by atoms with Crippen LogP contribution >= 0.6 is 0 Å². The number of rotatable bonds is 10. The molecule has 0 unspecified atom stereocenters. The highest BCUT2D eigenvalue weighted by Crippen LogP contribution is 2.04. The minimum atomic E-state index is -0.886. The lowest BCUT2D eigenvalue weighted by Gasteiger charge is -2.17. The number of hydrogen-bond acceptors (Lipinski definition) is 6. The Hall–Kier alpha value is -3.88. The van der Waals surface area contributed by atoms with E-state index in [1.807, 2.05) is 48.5 Å².